The highest BCUT2D eigenvalue weighted by atomic mass is 19.3. The molecule has 1 aromatic carbocycles. The van der Waals surface area contributed by atoms with Gasteiger partial charge in [-0.3, -0.25) is 0 Å². The summed E-state index contributed by atoms with van der Waals surface area (Å²) in [6, 6.07) is 3.03. The topological polar surface area (TPSA) is 29.5 Å². The van der Waals surface area contributed by atoms with Crippen molar-refractivity contribution in [2.75, 3.05) is 0 Å². The summed E-state index contributed by atoms with van der Waals surface area (Å²) < 4.78 is 34.3. The molecule has 4 heteroatoms. The fourth-order valence-corrected chi connectivity index (χ4v) is 3.86. The molecule has 1 aliphatic carbocycles. The molecule has 25 heavy (non-hydrogen) atoms. The second-order valence-corrected chi connectivity index (χ2v) is 7.48. The highest BCUT2D eigenvalue weighted by molar-refractivity contribution is 5.45. The number of rotatable bonds is 8. The molecule has 2 rings (SSSR count). The summed E-state index contributed by atoms with van der Waals surface area (Å²) in [6.07, 6.45) is 5.07. The fourth-order valence-electron chi connectivity index (χ4n) is 3.86. The first kappa shape index (κ1) is 20.0. The summed E-state index contributed by atoms with van der Waals surface area (Å²) in [4.78, 5) is 0. The minimum absolute atomic E-state index is 0.155. The fraction of sp³-hybridized carbons (Fsp3) is 0.714. The van der Waals surface area contributed by atoms with Gasteiger partial charge in [-0.05, 0) is 68.2 Å². The van der Waals surface area contributed by atoms with Gasteiger partial charge in [-0.25, -0.2) is 0 Å². The maximum absolute atomic E-state index is 14.6. The summed E-state index contributed by atoms with van der Waals surface area (Å²) in [5.74, 6) is 0.211. The van der Waals surface area contributed by atoms with Gasteiger partial charge in [-0.2, -0.15) is 8.78 Å². The average molecular weight is 354 g/mol. The second kappa shape index (κ2) is 8.86. The van der Waals surface area contributed by atoms with Crippen molar-refractivity contribution in [1.29, 1.82) is 0 Å². The van der Waals surface area contributed by atoms with Crippen LogP contribution >= 0.6 is 0 Å². The minimum Gasteiger partial charge on any atom is -0.507 e. The molecule has 2 nitrogen and oxygen atoms in total. The summed E-state index contributed by atoms with van der Waals surface area (Å²) >= 11 is 0. The van der Waals surface area contributed by atoms with Crippen LogP contribution in [-0.2, 0) is 6.42 Å². The van der Waals surface area contributed by atoms with E-state index in [9.17, 15) is 13.9 Å². The van der Waals surface area contributed by atoms with Gasteiger partial charge in [-0.15, -0.1) is 0 Å². The largest absolute Gasteiger partial charge is 0.507 e. The Labute approximate surface area is 150 Å². The molecular formula is C21H32F2O2. The lowest BCUT2D eigenvalue weighted by Gasteiger charge is -2.33. The molecule has 1 aliphatic rings. The lowest BCUT2D eigenvalue weighted by atomic mass is 9.79. The van der Waals surface area contributed by atoms with E-state index in [2.05, 4.69) is 6.92 Å². The van der Waals surface area contributed by atoms with Crippen molar-refractivity contribution in [1.82, 2.24) is 0 Å². The van der Waals surface area contributed by atoms with Crippen molar-refractivity contribution < 1.29 is 18.6 Å². The molecule has 142 valence electrons. The van der Waals surface area contributed by atoms with Crippen LogP contribution in [-0.4, -0.2) is 11.2 Å². The Kier molecular flexibility index (Phi) is 7.09. The quantitative estimate of drug-likeness (QED) is 0.531. The molecule has 1 saturated carbocycles. The van der Waals surface area contributed by atoms with Gasteiger partial charge >= 0.3 is 6.11 Å². The van der Waals surface area contributed by atoms with Crippen molar-refractivity contribution in [2.24, 2.45) is 11.8 Å². The van der Waals surface area contributed by atoms with E-state index in [0.717, 1.165) is 12.8 Å². The van der Waals surface area contributed by atoms with Crippen LogP contribution in [0.5, 0.6) is 11.5 Å². The molecule has 0 saturated heterocycles. The summed E-state index contributed by atoms with van der Waals surface area (Å²) in [6.45, 7) is 5.78. The van der Waals surface area contributed by atoms with Crippen LogP contribution in [0.4, 0.5) is 8.78 Å². The van der Waals surface area contributed by atoms with Crippen LogP contribution in [0.2, 0.25) is 0 Å². The van der Waals surface area contributed by atoms with Crippen molar-refractivity contribution in [2.45, 2.75) is 84.7 Å². The highest BCUT2D eigenvalue weighted by Gasteiger charge is 2.44. The number of phenolic OH excluding ortho intramolecular Hbond substituents is 1. The smallest absolute Gasteiger partial charge is 0.400 e. The Morgan fingerprint density at radius 1 is 1.12 bits per heavy atom. The molecule has 0 bridgehead atoms. The van der Waals surface area contributed by atoms with E-state index >= 15 is 0 Å². The number of hydrogen-bond donors (Lipinski definition) is 1. The number of aryl methyl sites for hydroxylation is 2. The molecule has 1 N–H and O–H groups in total. The molecule has 1 aromatic rings. The number of hydrogen-bond acceptors (Lipinski definition) is 2. The summed E-state index contributed by atoms with van der Waals surface area (Å²) in [7, 11) is 0. The third kappa shape index (κ3) is 5.32. The molecule has 0 aliphatic heterocycles. The first-order chi connectivity index (χ1) is 11.9. The van der Waals surface area contributed by atoms with Gasteiger partial charge in [0, 0.05) is 0 Å². The zero-order valence-electron chi connectivity index (χ0n) is 15.8. The normalized spacial score (nSPS) is 21.3. The van der Waals surface area contributed by atoms with Gasteiger partial charge in [0.1, 0.15) is 11.5 Å². The summed E-state index contributed by atoms with van der Waals surface area (Å²) in [5, 5.41) is 9.94. The van der Waals surface area contributed by atoms with Gasteiger partial charge < -0.3 is 9.84 Å². The molecule has 0 atom stereocenters. The molecule has 0 spiro atoms. The van der Waals surface area contributed by atoms with E-state index in [1.165, 1.54) is 37.8 Å². The van der Waals surface area contributed by atoms with Gasteiger partial charge in [0.25, 0.3) is 0 Å². The Morgan fingerprint density at radius 3 is 2.40 bits per heavy atom. The van der Waals surface area contributed by atoms with Crippen LogP contribution in [0.3, 0.4) is 0 Å². The highest BCUT2D eigenvalue weighted by Crippen LogP contribution is 2.42. The Hall–Kier alpha value is -1.32. The summed E-state index contributed by atoms with van der Waals surface area (Å²) in [5.41, 5.74) is 1.22. The predicted octanol–water partition coefficient (Wildman–Crippen LogP) is 6.62. The van der Waals surface area contributed by atoms with Crippen LogP contribution in [0.25, 0.3) is 0 Å². The van der Waals surface area contributed by atoms with E-state index in [4.69, 9.17) is 4.74 Å². The number of halogens is 2. The third-order valence-electron chi connectivity index (χ3n) is 5.53. The minimum atomic E-state index is -3.15. The van der Waals surface area contributed by atoms with E-state index in [-0.39, 0.29) is 11.5 Å². The number of aromatic hydroxyl groups is 1. The van der Waals surface area contributed by atoms with E-state index < -0.39 is 12.0 Å². The van der Waals surface area contributed by atoms with Gasteiger partial charge in [-0.1, -0.05) is 39.5 Å². The van der Waals surface area contributed by atoms with Gasteiger partial charge in [0.2, 0.25) is 0 Å². The average Bonchev–Trinajstić information content (AvgIpc) is 2.58. The van der Waals surface area contributed by atoms with Crippen LogP contribution < -0.4 is 4.74 Å². The predicted molar refractivity (Wildman–Crippen MR) is 97.4 cm³/mol. The van der Waals surface area contributed by atoms with E-state index in [0.29, 0.717) is 36.3 Å². The van der Waals surface area contributed by atoms with Crippen LogP contribution in [0.1, 0.15) is 76.3 Å². The van der Waals surface area contributed by atoms with Gasteiger partial charge in [0.05, 0.1) is 5.92 Å². The first-order valence-electron chi connectivity index (χ1n) is 9.76. The molecule has 0 aromatic heterocycles. The molecule has 0 heterocycles. The Morgan fingerprint density at radius 2 is 1.80 bits per heavy atom. The molecule has 0 unspecified atom stereocenters. The maximum atomic E-state index is 14.6. The van der Waals surface area contributed by atoms with Crippen LogP contribution in [0.15, 0.2) is 12.1 Å². The first-order valence-corrected chi connectivity index (χ1v) is 9.76. The SMILES string of the molecule is CCCCCC1CCC(C(F)(F)Oc2cc(C)c(O)c(CC)c2)CC1. The lowest BCUT2D eigenvalue weighted by molar-refractivity contribution is -0.223. The molecule has 1 fully saturated rings. The number of ether oxygens (including phenoxy) is 1. The number of benzene rings is 1. The Bertz CT molecular complexity index is 549. The number of phenols is 1. The number of alkyl halides is 2. The second-order valence-electron chi connectivity index (χ2n) is 7.48. The molecule has 0 radical (unpaired) electrons. The van der Waals surface area contributed by atoms with Crippen LogP contribution in [0, 0.1) is 18.8 Å². The maximum Gasteiger partial charge on any atom is 0.400 e. The van der Waals surface area contributed by atoms with Crippen molar-refractivity contribution in [3.8, 4) is 11.5 Å². The molecular weight excluding hydrogens is 322 g/mol. The monoisotopic (exact) mass is 354 g/mol. The third-order valence-corrected chi connectivity index (χ3v) is 5.53. The zero-order chi connectivity index (χ0) is 18.4. The standard InChI is InChI=1S/C21H32F2O2/c1-4-6-7-8-16-9-11-18(12-10-16)21(22,23)25-19-13-15(3)20(24)17(5-2)14-19/h13-14,16,18,24H,4-12H2,1-3H3. The Balaban J connectivity index is 1.95. The zero-order valence-corrected chi connectivity index (χ0v) is 15.8. The van der Waals surface area contributed by atoms with E-state index in [1.807, 2.05) is 6.92 Å². The lowest BCUT2D eigenvalue weighted by Crippen LogP contribution is -2.37. The number of unbranched alkanes of at least 4 members (excludes halogenated alkanes) is 2. The molecule has 0 amide bonds. The van der Waals surface area contributed by atoms with Crippen molar-refractivity contribution in [3.05, 3.63) is 23.3 Å². The van der Waals surface area contributed by atoms with E-state index in [1.54, 1.807) is 6.92 Å². The van der Waals surface area contributed by atoms with Crippen molar-refractivity contribution >= 4 is 0 Å². The van der Waals surface area contributed by atoms with Gasteiger partial charge in [0.15, 0.2) is 0 Å². The van der Waals surface area contributed by atoms with Crippen molar-refractivity contribution in [3.63, 3.8) is 0 Å².